The molecule has 50 heavy (non-hydrogen) atoms. The second-order valence-electron chi connectivity index (χ2n) is 12.9. The van der Waals surface area contributed by atoms with E-state index in [0.717, 1.165) is 21.8 Å². The molecule has 0 aliphatic heterocycles. The Balaban J connectivity index is 1.18. The molecule has 0 atom stereocenters. The summed E-state index contributed by atoms with van der Waals surface area (Å²) < 4.78 is 0. The Bertz CT molecular complexity index is 2590. The van der Waals surface area contributed by atoms with Crippen LogP contribution in [0.3, 0.4) is 0 Å². The minimum Gasteiger partial charge on any atom is -0.256 e. The summed E-state index contributed by atoms with van der Waals surface area (Å²) in [6, 6.07) is 61.1. The lowest BCUT2D eigenvalue weighted by Gasteiger charge is -2.18. The Labute approximate surface area is 290 Å². The van der Waals surface area contributed by atoms with Gasteiger partial charge in [0.2, 0.25) is 0 Å². The first-order valence-electron chi connectivity index (χ1n) is 17.1. The van der Waals surface area contributed by atoms with E-state index in [1.54, 1.807) is 0 Å². The number of pyridine rings is 2. The Kier molecular flexibility index (Phi) is 6.53. The number of hydrogen-bond acceptors (Lipinski definition) is 2. The van der Waals surface area contributed by atoms with Crippen LogP contribution in [-0.4, -0.2) is 9.97 Å². The van der Waals surface area contributed by atoms with Gasteiger partial charge in [-0.05, 0) is 90.0 Å². The van der Waals surface area contributed by atoms with E-state index in [4.69, 9.17) is 9.97 Å². The van der Waals surface area contributed by atoms with Crippen molar-refractivity contribution in [3.05, 3.63) is 182 Å². The first-order valence-corrected chi connectivity index (χ1v) is 17.1. The van der Waals surface area contributed by atoms with E-state index in [1.165, 1.54) is 76.8 Å². The lowest BCUT2D eigenvalue weighted by Crippen LogP contribution is -1.93. The van der Waals surface area contributed by atoms with E-state index in [9.17, 15) is 0 Å². The molecule has 0 saturated heterocycles. The summed E-state index contributed by atoms with van der Waals surface area (Å²) in [6.07, 6.45) is 3.81. The zero-order valence-corrected chi connectivity index (χ0v) is 27.2. The number of benzene rings is 8. The Morgan fingerprint density at radius 2 is 0.620 bits per heavy atom. The van der Waals surface area contributed by atoms with Crippen LogP contribution < -0.4 is 0 Å². The molecule has 2 heterocycles. The molecule has 10 aromatic rings. The lowest BCUT2D eigenvalue weighted by atomic mass is 9.86. The van der Waals surface area contributed by atoms with Crippen LogP contribution >= 0.6 is 0 Å². The molecule has 8 aromatic carbocycles. The summed E-state index contributed by atoms with van der Waals surface area (Å²) in [5.41, 5.74) is 11.6. The largest absolute Gasteiger partial charge is 0.256 e. The van der Waals surface area contributed by atoms with Gasteiger partial charge in [-0.1, -0.05) is 146 Å². The summed E-state index contributed by atoms with van der Waals surface area (Å²) in [4.78, 5) is 9.94. The van der Waals surface area contributed by atoms with Crippen molar-refractivity contribution in [2.24, 2.45) is 0 Å². The zero-order valence-electron chi connectivity index (χ0n) is 27.2. The first kappa shape index (κ1) is 28.4. The van der Waals surface area contributed by atoms with Crippen LogP contribution in [0.25, 0.3) is 98.6 Å². The molecule has 0 aliphatic rings. The highest BCUT2D eigenvalue weighted by Gasteiger charge is 2.19. The van der Waals surface area contributed by atoms with Gasteiger partial charge in [-0.3, -0.25) is 9.97 Å². The molecule has 0 fully saturated rings. The van der Waals surface area contributed by atoms with Crippen molar-refractivity contribution in [1.29, 1.82) is 0 Å². The first-order chi connectivity index (χ1) is 24.8. The van der Waals surface area contributed by atoms with Gasteiger partial charge in [-0.15, -0.1) is 0 Å². The maximum atomic E-state index is 4.97. The standard InChI is InChI=1S/C48H30N2/c1-3-13-31(14-4-1)45-39-19-9-7-17-37(39)43(41-21-11-27-49-47(41)45)35-25-23-34-30-36(26-24-33(34)29-35)44-38-18-8-10-20-40(38)46(32-15-5-2-6-16-32)48-42(44)22-12-28-50-48/h1-30H. The molecule has 2 heteroatoms. The lowest BCUT2D eigenvalue weighted by molar-refractivity contribution is 1.42. The predicted molar refractivity (Wildman–Crippen MR) is 211 cm³/mol. The maximum absolute atomic E-state index is 4.97. The fraction of sp³-hybridized carbons (Fsp3) is 0. The molecule has 10 rings (SSSR count). The Morgan fingerprint density at radius 1 is 0.260 bits per heavy atom. The van der Waals surface area contributed by atoms with Crippen molar-refractivity contribution in [2.45, 2.75) is 0 Å². The second-order valence-corrected chi connectivity index (χ2v) is 12.9. The molecule has 2 aromatic heterocycles. The smallest absolute Gasteiger partial charge is 0.0792 e. The van der Waals surface area contributed by atoms with Crippen molar-refractivity contribution in [2.75, 3.05) is 0 Å². The topological polar surface area (TPSA) is 25.8 Å². The molecule has 0 bridgehead atoms. The zero-order chi connectivity index (χ0) is 33.0. The van der Waals surface area contributed by atoms with Crippen LogP contribution in [0.1, 0.15) is 0 Å². The number of aromatic nitrogens is 2. The van der Waals surface area contributed by atoms with Gasteiger partial charge in [0.05, 0.1) is 11.0 Å². The SMILES string of the molecule is c1ccc(-c2c3ccccc3c(-c3ccc4cc(-c5c6ccccc6c(-c6ccccc6)c6ncccc56)ccc4c3)c3cccnc23)cc1. The number of rotatable bonds is 4. The molecule has 0 spiro atoms. The highest BCUT2D eigenvalue weighted by molar-refractivity contribution is 6.22. The van der Waals surface area contributed by atoms with Crippen molar-refractivity contribution in [3.8, 4) is 44.5 Å². The second kappa shape index (κ2) is 11.5. The molecule has 0 amide bonds. The van der Waals surface area contributed by atoms with Gasteiger partial charge in [-0.25, -0.2) is 0 Å². The van der Waals surface area contributed by atoms with E-state index >= 15 is 0 Å². The normalized spacial score (nSPS) is 11.6. The van der Waals surface area contributed by atoms with Crippen molar-refractivity contribution in [1.82, 2.24) is 9.97 Å². The molecular weight excluding hydrogens is 605 g/mol. The summed E-state index contributed by atoms with van der Waals surface area (Å²) in [5.74, 6) is 0. The quantitative estimate of drug-likeness (QED) is 0.180. The number of nitrogens with zero attached hydrogens (tertiary/aromatic N) is 2. The third kappa shape index (κ3) is 4.43. The van der Waals surface area contributed by atoms with Gasteiger partial charge in [0.25, 0.3) is 0 Å². The van der Waals surface area contributed by atoms with Gasteiger partial charge >= 0.3 is 0 Å². The van der Waals surface area contributed by atoms with E-state index in [2.05, 4.69) is 170 Å². The molecule has 0 saturated carbocycles. The average Bonchev–Trinajstić information content (AvgIpc) is 3.19. The number of fused-ring (bicyclic) bond motifs is 5. The average molecular weight is 635 g/mol. The van der Waals surface area contributed by atoms with Crippen LogP contribution in [0.4, 0.5) is 0 Å². The third-order valence-corrected chi connectivity index (χ3v) is 10.1. The third-order valence-electron chi connectivity index (χ3n) is 10.1. The van der Waals surface area contributed by atoms with Gasteiger partial charge in [0.15, 0.2) is 0 Å². The van der Waals surface area contributed by atoms with Gasteiger partial charge in [-0.2, -0.15) is 0 Å². The van der Waals surface area contributed by atoms with E-state index in [0.29, 0.717) is 0 Å². The van der Waals surface area contributed by atoms with E-state index < -0.39 is 0 Å². The minimum atomic E-state index is 1.02. The fourth-order valence-corrected chi connectivity index (χ4v) is 7.97. The maximum Gasteiger partial charge on any atom is 0.0792 e. The predicted octanol–water partition coefficient (Wildman–Crippen LogP) is 12.9. The Morgan fingerprint density at radius 3 is 1.04 bits per heavy atom. The van der Waals surface area contributed by atoms with E-state index in [-0.39, 0.29) is 0 Å². The molecule has 0 aliphatic carbocycles. The summed E-state index contributed by atoms with van der Waals surface area (Å²) in [6.45, 7) is 0. The highest BCUT2D eigenvalue weighted by atomic mass is 14.7. The molecule has 0 unspecified atom stereocenters. The van der Waals surface area contributed by atoms with Crippen molar-refractivity contribution in [3.63, 3.8) is 0 Å². The number of hydrogen-bond donors (Lipinski definition) is 0. The van der Waals surface area contributed by atoms with Crippen molar-refractivity contribution >= 4 is 54.1 Å². The van der Waals surface area contributed by atoms with Crippen LogP contribution in [0, 0.1) is 0 Å². The van der Waals surface area contributed by atoms with Crippen molar-refractivity contribution < 1.29 is 0 Å². The minimum absolute atomic E-state index is 1.02. The summed E-state index contributed by atoms with van der Waals surface area (Å²) in [7, 11) is 0. The monoisotopic (exact) mass is 634 g/mol. The van der Waals surface area contributed by atoms with Crippen LogP contribution in [0.5, 0.6) is 0 Å². The van der Waals surface area contributed by atoms with Crippen LogP contribution in [-0.2, 0) is 0 Å². The molecule has 0 radical (unpaired) electrons. The van der Waals surface area contributed by atoms with E-state index in [1.807, 2.05) is 12.4 Å². The van der Waals surface area contributed by atoms with Crippen LogP contribution in [0.2, 0.25) is 0 Å². The Hall–Kier alpha value is -6.64. The molecule has 0 N–H and O–H groups in total. The highest BCUT2D eigenvalue weighted by Crippen LogP contribution is 2.45. The fourth-order valence-electron chi connectivity index (χ4n) is 7.97. The van der Waals surface area contributed by atoms with Gasteiger partial charge in [0.1, 0.15) is 0 Å². The van der Waals surface area contributed by atoms with Gasteiger partial charge in [0, 0.05) is 34.3 Å². The summed E-state index contributed by atoms with van der Waals surface area (Å²) >= 11 is 0. The summed E-state index contributed by atoms with van der Waals surface area (Å²) in [5, 5.41) is 9.59. The van der Waals surface area contributed by atoms with Crippen LogP contribution in [0.15, 0.2) is 182 Å². The molecular formula is C48H30N2. The van der Waals surface area contributed by atoms with Gasteiger partial charge < -0.3 is 0 Å². The molecule has 232 valence electrons. The molecule has 2 nitrogen and oxygen atoms in total.